The average molecular weight is 212 g/mol. The summed E-state index contributed by atoms with van der Waals surface area (Å²) in [6.07, 6.45) is 5.32. The molecule has 0 aliphatic rings. The first-order valence-corrected chi connectivity index (χ1v) is 4.71. The number of halogens is 2. The van der Waals surface area contributed by atoms with Crippen molar-refractivity contribution in [3.63, 3.8) is 0 Å². The lowest BCUT2D eigenvalue weighted by Gasteiger charge is -2.13. The van der Waals surface area contributed by atoms with Gasteiger partial charge in [-0.25, -0.2) is 4.39 Å². The largest absolute Gasteiger partial charge is 0.300 e. The Labute approximate surface area is 88.3 Å². The Morgan fingerprint density at radius 3 is 2.93 bits per heavy atom. The van der Waals surface area contributed by atoms with E-state index in [9.17, 15) is 4.39 Å². The van der Waals surface area contributed by atoms with Crippen LogP contribution in [-0.4, -0.2) is 6.54 Å². The van der Waals surface area contributed by atoms with Gasteiger partial charge < -0.3 is 5.32 Å². The van der Waals surface area contributed by atoms with Gasteiger partial charge in [-0.05, 0) is 24.7 Å². The van der Waals surface area contributed by atoms with Crippen molar-refractivity contribution < 1.29 is 4.39 Å². The number of hydrogen-bond acceptors (Lipinski definition) is 1. The van der Waals surface area contributed by atoms with Crippen LogP contribution in [0.5, 0.6) is 0 Å². The van der Waals surface area contributed by atoms with Crippen LogP contribution in [-0.2, 0) is 0 Å². The van der Waals surface area contributed by atoms with Gasteiger partial charge in [-0.3, -0.25) is 0 Å². The van der Waals surface area contributed by atoms with Gasteiger partial charge >= 0.3 is 0 Å². The summed E-state index contributed by atoms with van der Waals surface area (Å²) in [7, 11) is 0. The molecule has 0 heterocycles. The molecular weight excluding hydrogens is 201 g/mol. The van der Waals surface area contributed by atoms with Gasteiger partial charge in [0.25, 0.3) is 0 Å². The first-order valence-electron chi connectivity index (χ1n) is 4.33. The lowest BCUT2D eigenvalue weighted by atomic mass is 10.1. The van der Waals surface area contributed by atoms with E-state index in [1.54, 1.807) is 0 Å². The fourth-order valence-corrected chi connectivity index (χ4v) is 1.43. The van der Waals surface area contributed by atoms with Gasteiger partial charge in [0.1, 0.15) is 5.82 Å². The summed E-state index contributed by atoms with van der Waals surface area (Å²) in [5, 5.41) is 3.51. The molecule has 0 aliphatic carbocycles. The zero-order valence-corrected chi connectivity index (χ0v) is 8.61. The van der Waals surface area contributed by atoms with Gasteiger partial charge in [-0.15, -0.1) is 6.42 Å². The van der Waals surface area contributed by atoms with E-state index in [0.29, 0.717) is 17.1 Å². The van der Waals surface area contributed by atoms with Crippen LogP contribution in [0.4, 0.5) is 4.39 Å². The molecular formula is C11H11ClFN. The minimum atomic E-state index is -0.331. The maximum Gasteiger partial charge on any atom is 0.123 e. The molecule has 0 fully saturated rings. The first-order chi connectivity index (χ1) is 6.69. The molecule has 1 atom stereocenters. The third-order valence-electron chi connectivity index (χ3n) is 1.84. The number of nitrogens with one attached hydrogen (secondary N) is 1. The molecule has 0 radical (unpaired) electrons. The van der Waals surface area contributed by atoms with Crippen LogP contribution in [0.1, 0.15) is 18.5 Å². The summed E-state index contributed by atoms with van der Waals surface area (Å²) in [6.45, 7) is 2.64. The zero-order valence-electron chi connectivity index (χ0n) is 7.85. The van der Waals surface area contributed by atoms with Crippen LogP contribution in [0.2, 0.25) is 5.02 Å². The minimum Gasteiger partial charge on any atom is -0.300 e. The Bertz CT molecular complexity index is 357. The number of benzene rings is 1. The highest BCUT2D eigenvalue weighted by atomic mass is 35.5. The van der Waals surface area contributed by atoms with Crippen LogP contribution >= 0.6 is 11.6 Å². The van der Waals surface area contributed by atoms with E-state index < -0.39 is 0 Å². The van der Waals surface area contributed by atoms with Gasteiger partial charge in [-0.1, -0.05) is 24.4 Å². The van der Waals surface area contributed by atoms with Crippen LogP contribution in [0, 0.1) is 18.2 Å². The van der Waals surface area contributed by atoms with Crippen LogP contribution in [0.15, 0.2) is 18.2 Å². The van der Waals surface area contributed by atoms with Gasteiger partial charge in [0, 0.05) is 10.6 Å². The van der Waals surface area contributed by atoms with E-state index in [2.05, 4.69) is 11.2 Å². The topological polar surface area (TPSA) is 12.0 Å². The molecule has 0 saturated heterocycles. The quantitative estimate of drug-likeness (QED) is 0.759. The summed E-state index contributed by atoms with van der Waals surface area (Å²) < 4.78 is 12.9. The first kappa shape index (κ1) is 11.0. The van der Waals surface area contributed by atoms with Crippen molar-refractivity contribution in [1.82, 2.24) is 5.32 Å². The second kappa shape index (κ2) is 4.99. The summed E-state index contributed by atoms with van der Waals surface area (Å²) in [5.74, 6) is 2.19. The predicted molar refractivity (Wildman–Crippen MR) is 56.7 cm³/mol. The molecule has 0 bridgehead atoms. The van der Waals surface area contributed by atoms with Crippen molar-refractivity contribution in [2.75, 3.05) is 6.54 Å². The molecule has 1 nitrogen and oxygen atoms in total. The summed E-state index contributed by atoms with van der Waals surface area (Å²) in [4.78, 5) is 0. The normalized spacial score (nSPS) is 12.1. The molecule has 74 valence electrons. The monoisotopic (exact) mass is 211 g/mol. The third-order valence-corrected chi connectivity index (χ3v) is 2.19. The van der Waals surface area contributed by atoms with Gasteiger partial charge in [0.2, 0.25) is 0 Å². The Kier molecular flexibility index (Phi) is 3.94. The maximum absolute atomic E-state index is 12.9. The van der Waals surface area contributed by atoms with Crippen LogP contribution in [0.25, 0.3) is 0 Å². The molecule has 0 aliphatic heterocycles. The Hall–Kier alpha value is -1.04. The SMILES string of the molecule is C#CC(NCC)c1cc(F)ccc1Cl. The average Bonchev–Trinajstić information content (AvgIpc) is 2.18. The van der Waals surface area contributed by atoms with Crippen molar-refractivity contribution in [2.24, 2.45) is 0 Å². The van der Waals surface area contributed by atoms with Crippen molar-refractivity contribution in [1.29, 1.82) is 0 Å². The van der Waals surface area contributed by atoms with Gasteiger partial charge in [0.05, 0.1) is 6.04 Å². The zero-order chi connectivity index (χ0) is 10.6. The van der Waals surface area contributed by atoms with Crippen molar-refractivity contribution >= 4 is 11.6 Å². The fourth-order valence-electron chi connectivity index (χ4n) is 1.20. The molecule has 1 unspecified atom stereocenters. The highest BCUT2D eigenvalue weighted by Gasteiger charge is 2.11. The van der Waals surface area contributed by atoms with E-state index in [1.807, 2.05) is 6.92 Å². The molecule has 0 spiro atoms. The van der Waals surface area contributed by atoms with Crippen molar-refractivity contribution in [3.05, 3.63) is 34.6 Å². The molecule has 0 saturated carbocycles. The van der Waals surface area contributed by atoms with E-state index in [1.165, 1.54) is 18.2 Å². The number of hydrogen-bond donors (Lipinski definition) is 1. The van der Waals surface area contributed by atoms with E-state index in [4.69, 9.17) is 18.0 Å². The molecule has 0 aromatic heterocycles. The lowest BCUT2D eigenvalue weighted by Crippen LogP contribution is -2.19. The second-order valence-corrected chi connectivity index (χ2v) is 3.23. The fraction of sp³-hybridized carbons (Fsp3) is 0.273. The highest BCUT2D eigenvalue weighted by Crippen LogP contribution is 2.23. The van der Waals surface area contributed by atoms with E-state index in [0.717, 1.165) is 0 Å². The molecule has 1 N–H and O–H groups in total. The maximum atomic E-state index is 12.9. The molecule has 3 heteroatoms. The molecule has 1 aromatic rings. The van der Waals surface area contributed by atoms with Gasteiger partial charge in [0.15, 0.2) is 0 Å². The minimum absolute atomic E-state index is 0.330. The predicted octanol–water partition coefficient (Wildman–Crippen LogP) is 2.76. The molecule has 1 aromatic carbocycles. The van der Waals surface area contributed by atoms with Crippen molar-refractivity contribution in [3.8, 4) is 12.3 Å². The number of rotatable bonds is 3. The summed E-state index contributed by atoms with van der Waals surface area (Å²) in [6, 6.07) is 3.85. The number of terminal acetylenes is 1. The van der Waals surface area contributed by atoms with Crippen LogP contribution in [0.3, 0.4) is 0 Å². The smallest absolute Gasteiger partial charge is 0.123 e. The van der Waals surface area contributed by atoms with Crippen LogP contribution < -0.4 is 5.32 Å². The molecule has 0 amide bonds. The summed E-state index contributed by atoms with van der Waals surface area (Å²) >= 11 is 5.90. The highest BCUT2D eigenvalue weighted by molar-refractivity contribution is 6.31. The summed E-state index contributed by atoms with van der Waals surface area (Å²) in [5.41, 5.74) is 0.607. The third kappa shape index (κ3) is 2.47. The Morgan fingerprint density at radius 2 is 2.36 bits per heavy atom. The van der Waals surface area contributed by atoms with Gasteiger partial charge in [-0.2, -0.15) is 0 Å². The molecule has 14 heavy (non-hydrogen) atoms. The van der Waals surface area contributed by atoms with Crippen molar-refractivity contribution in [2.45, 2.75) is 13.0 Å². The Balaban J connectivity index is 3.03. The standard InChI is InChI=1S/C11H11ClFN/c1-3-11(14-4-2)9-7-8(13)5-6-10(9)12/h1,5-7,11,14H,4H2,2H3. The van der Waals surface area contributed by atoms with E-state index in [-0.39, 0.29) is 11.9 Å². The molecule has 1 rings (SSSR count). The second-order valence-electron chi connectivity index (χ2n) is 2.82. The van der Waals surface area contributed by atoms with E-state index >= 15 is 0 Å². The lowest BCUT2D eigenvalue weighted by molar-refractivity contribution is 0.614. The Morgan fingerprint density at radius 1 is 1.64 bits per heavy atom.